The molecule has 1 aliphatic heterocycles. The topological polar surface area (TPSA) is 54.5 Å². The summed E-state index contributed by atoms with van der Waals surface area (Å²) in [5.74, 6) is 0.00176. The Labute approximate surface area is 124 Å². The second-order valence-electron chi connectivity index (χ2n) is 5.02. The molecule has 1 aromatic carbocycles. The lowest BCUT2D eigenvalue weighted by molar-refractivity contribution is 0.0722. The largest absolute Gasteiger partial charge is 0.339 e. The zero-order chi connectivity index (χ0) is 14.8. The number of thioether (sulfide) groups is 1. The van der Waals surface area contributed by atoms with E-state index in [9.17, 15) is 13.2 Å². The van der Waals surface area contributed by atoms with Crippen molar-refractivity contribution in [1.82, 2.24) is 4.90 Å². The maximum Gasteiger partial charge on any atom is 0.254 e. The van der Waals surface area contributed by atoms with Gasteiger partial charge in [-0.1, -0.05) is 12.1 Å². The third-order valence-corrected chi connectivity index (χ3v) is 6.15. The van der Waals surface area contributed by atoms with Crippen molar-refractivity contribution in [3.63, 3.8) is 0 Å². The van der Waals surface area contributed by atoms with Crippen LogP contribution < -0.4 is 0 Å². The molecule has 0 saturated carbocycles. The minimum absolute atomic E-state index is 0.00176. The molecule has 1 aromatic rings. The van der Waals surface area contributed by atoms with Gasteiger partial charge in [-0.3, -0.25) is 4.79 Å². The highest BCUT2D eigenvalue weighted by molar-refractivity contribution is 7.98. The third-order valence-electron chi connectivity index (χ3n) is 3.67. The van der Waals surface area contributed by atoms with Crippen LogP contribution in [0.1, 0.15) is 23.2 Å². The fourth-order valence-corrected chi connectivity index (χ4v) is 4.14. The molecule has 1 amide bonds. The van der Waals surface area contributed by atoms with Crippen LogP contribution in [0.15, 0.2) is 29.2 Å². The van der Waals surface area contributed by atoms with Crippen molar-refractivity contribution in [3.05, 3.63) is 29.8 Å². The Morgan fingerprint density at radius 1 is 1.25 bits per heavy atom. The predicted molar refractivity (Wildman–Crippen MR) is 82.0 cm³/mol. The van der Waals surface area contributed by atoms with Gasteiger partial charge in [0.2, 0.25) is 0 Å². The van der Waals surface area contributed by atoms with E-state index in [0.29, 0.717) is 31.5 Å². The van der Waals surface area contributed by atoms with Crippen molar-refractivity contribution < 1.29 is 13.2 Å². The van der Waals surface area contributed by atoms with E-state index in [0.717, 1.165) is 4.90 Å². The lowest BCUT2D eigenvalue weighted by atomic mass is 10.1. The van der Waals surface area contributed by atoms with Crippen LogP contribution in [-0.2, 0) is 9.84 Å². The van der Waals surface area contributed by atoms with Crippen molar-refractivity contribution in [2.45, 2.75) is 23.0 Å². The minimum Gasteiger partial charge on any atom is -0.339 e. The predicted octanol–water partition coefficient (Wildman–Crippen LogP) is 2.06. The molecule has 110 valence electrons. The van der Waals surface area contributed by atoms with E-state index < -0.39 is 9.84 Å². The van der Waals surface area contributed by atoms with Crippen molar-refractivity contribution in [3.8, 4) is 0 Å². The normalized spacial score (nSPS) is 17.2. The number of hydrogen-bond donors (Lipinski definition) is 0. The molecule has 0 radical (unpaired) electrons. The Morgan fingerprint density at radius 3 is 2.40 bits per heavy atom. The third kappa shape index (κ3) is 3.35. The number of likely N-dealkylation sites (tertiary alicyclic amines) is 1. The summed E-state index contributed by atoms with van der Waals surface area (Å²) in [7, 11) is -2.99. The quantitative estimate of drug-likeness (QED) is 0.802. The summed E-state index contributed by atoms with van der Waals surface area (Å²) in [6, 6.07) is 7.53. The second kappa shape index (κ2) is 6.18. The molecule has 1 saturated heterocycles. The van der Waals surface area contributed by atoms with Gasteiger partial charge in [-0.15, -0.1) is 11.8 Å². The number of sulfone groups is 1. The van der Waals surface area contributed by atoms with Gasteiger partial charge < -0.3 is 4.90 Å². The molecular weight excluding hydrogens is 294 g/mol. The van der Waals surface area contributed by atoms with E-state index in [1.807, 2.05) is 30.5 Å². The first-order valence-electron chi connectivity index (χ1n) is 6.54. The van der Waals surface area contributed by atoms with Crippen molar-refractivity contribution in [1.29, 1.82) is 0 Å². The lowest BCUT2D eigenvalue weighted by Gasteiger charge is -2.31. The number of piperidine rings is 1. The average Bonchev–Trinajstić information content (AvgIpc) is 2.45. The summed E-state index contributed by atoms with van der Waals surface area (Å²) in [6.07, 6.45) is 4.29. The summed E-state index contributed by atoms with van der Waals surface area (Å²) in [5, 5.41) is -0.303. The summed E-state index contributed by atoms with van der Waals surface area (Å²) in [5.41, 5.74) is 0.706. The van der Waals surface area contributed by atoms with Gasteiger partial charge in [0.25, 0.3) is 5.91 Å². The van der Waals surface area contributed by atoms with Gasteiger partial charge in [-0.05, 0) is 31.2 Å². The summed E-state index contributed by atoms with van der Waals surface area (Å²) in [6.45, 7) is 1.03. The molecule has 2 rings (SSSR count). The van der Waals surface area contributed by atoms with Gasteiger partial charge in [0, 0.05) is 24.2 Å². The molecule has 0 atom stereocenters. The minimum atomic E-state index is -2.99. The summed E-state index contributed by atoms with van der Waals surface area (Å²) >= 11 is 1.55. The second-order valence-corrected chi connectivity index (χ2v) is 8.20. The van der Waals surface area contributed by atoms with Crippen LogP contribution in [0.5, 0.6) is 0 Å². The Kier molecular flexibility index (Phi) is 4.75. The average molecular weight is 313 g/mol. The van der Waals surface area contributed by atoms with Crippen LogP contribution in [0.2, 0.25) is 0 Å². The monoisotopic (exact) mass is 313 g/mol. The van der Waals surface area contributed by atoms with Crippen molar-refractivity contribution >= 4 is 27.5 Å². The number of carbonyl (C=O) groups is 1. The number of rotatable bonds is 3. The first-order valence-corrected chi connectivity index (χ1v) is 9.72. The fourth-order valence-electron chi connectivity index (χ4n) is 2.48. The van der Waals surface area contributed by atoms with Crippen LogP contribution in [0, 0.1) is 0 Å². The zero-order valence-corrected chi connectivity index (χ0v) is 13.3. The molecule has 1 aliphatic rings. The smallest absolute Gasteiger partial charge is 0.254 e. The fraction of sp³-hybridized carbons (Fsp3) is 0.500. The highest BCUT2D eigenvalue weighted by Gasteiger charge is 2.29. The van der Waals surface area contributed by atoms with E-state index in [4.69, 9.17) is 0 Å². The van der Waals surface area contributed by atoms with Gasteiger partial charge in [0.15, 0.2) is 0 Å². The SMILES string of the molecule is CSc1ccccc1C(=O)N1CCC(S(C)(=O)=O)CC1. The molecule has 0 aliphatic carbocycles. The van der Waals surface area contributed by atoms with Gasteiger partial charge >= 0.3 is 0 Å². The van der Waals surface area contributed by atoms with Gasteiger partial charge in [-0.2, -0.15) is 0 Å². The molecule has 0 unspecified atom stereocenters. The molecule has 4 nitrogen and oxygen atoms in total. The molecule has 0 bridgehead atoms. The van der Waals surface area contributed by atoms with Crippen molar-refractivity contribution in [2.24, 2.45) is 0 Å². The van der Waals surface area contributed by atoms with Crippen LogP contribution in [0.25, 0.3) is 0 Å². The van der Waals surface area contributed by atoms with E-state index in [-0.39, 0.29) is 11.2 Å². The van der Waals surface area contributed by atoms with Crippen LogP contribution in [-0.4, -0.2) is 50.1 Å². The standard InChI is InChI=1S/C14H19NO3S2/c1-19-13-6-4-3-5-12(13)14(16)15-9-7-11(8-10-15)20(2,17)18/h3-6,11H,7-10H2,1-2H3. The number of carbonyl (C=O) groups excluding carboxylic acids is 1. The molecule has 0 aromatic heterocycles. The zero-order valence-electron chi connectivity index (χ0n) is 11.7. The van der Waals surface area contributed by atoms with Gasteiger partial charge in [-0.25, -0.2) is 8.42 Å². The Hall–Kier alpha value is -1.01. The highest BCUT2D eigenvalue weighted by Crippen LogP contribution is 2.24. The van der Waals surface area contributed by atoms with E-state index in [1.54, 1.807) is 16.7 Å². The van der Waals surface area contributed by atoms with Gasteiger partial charge in [0.1, 0.15) is 9.84 Å². The van der Waals surface area contributed by atoms with Gasteiger partial charge in [0.05, 0.1) is 10.8 Å². The molecule has 0 N–H and O–H groups in total. The van der Waals surface area contributed by atoms with Crippen LogP contribution >= 0.6 is 11.8 Å². The molecule has 1 fully saturated rings. The molecule has 6 heteroatoms. The number of benzene rings is 1. The molecular formula is C14H19NO3S2. The lowest BCUT2D eigenvalue weighted by Crippen LogP contribution is -2.42. The maximum atomic E-state index is 12.5. The number of amides is 1. The Bertz CT molecular complexity index is 590. The van der Waals surface area contributed by atoms with E-state index >= 15 is 0 Å². The molecule has 0 spiro atoms. The Balaban J connectivity index is 2.09. The Morgan fingerprint density at radius 2 is 1.85 bits per heavy atom. The highest BCUT2D eigenvalue weighted by atomic mass is 32.2. The summed E-state index contributed by atoms with van der Waals surface area (Å²) in [4.78, 5) is 15.2. The van der Waals surface area contributed by atoms with E-state index in [1.165, 1.54) is 6.26 Å². The maximum absolute atomic E-state index is 12.5. The first kappa shape index (κ1) is 15.4. The molecule has 20 heavy (non-hydrogen) atoms. The number of hydrogen-bond acceptors (Lipinski definition) is 4. The first-order chi connectivity index (χ1) is 9.43. The number of nitrogens with zero attached hydrogens (tertiary/aromatic N) is 1. The van der Waals surface area contributed by atoms with Crippen LogP contribution in [0.4, 0.5) is 0 Å². The summed E-state index contributed by atoms with van der Waals surface area (Å²) < 4.78 is 23.1. The molecule has 1 heterocycles. The van der Waals surface area contributed by atoms with E-state index in [2.05, 4.69) is 0 Å². The van der Waals surface area contributed by atoms with Crippen LogP contribution in [0.3, 0.4) is 0 Å². The van der Waals surface area contributed by atoms with Crippen molar-refractivity contribution in [2.75, 3.05) is 25.6 Å².